The molecule has 2 aromatic rings. The molecular weight excluding hydrogens is 288 g/mol. The van der Waals surface area contributed by atoms with E-state index in [4.69, 9.17) is 5.73 Å². The number of nitrogens with two attached hydrogens (primary N) is 1. The van der Waals surface area contributed by atoms with Gasteiger partial charge < -0.3 is 5.73 Å². The zero-order chi connectivity index (χ0) is 12.5. The molecule has 2 aromatic carbocycles. The lowest BCUT2D eigenvalue weighted by atomic mass is 10.0. The minimum Gasteiger partial charge on any atom is -0.399 e. The molecule has 0 heterocycles. The Morgan fingerprint density at radius 3 is 2.12 bits per heavy atom. The smallest absolute Gasteiger partial charge is 0.299 e. The van der Waals surface area contributed by atoms with Crippen molar-refractivity contribution in [3.05, 3.63) is 64.1 Å². The fourth-order valence-electron chi connectivity index (χ4n) is 1.56. The Morgan fingerprint density at radius 1 is 0.941 bits per heavy atom. The van der Waals surface area contributed by atoms with Crippen LogP contribution in [0.4, 0.5) is 14.5 Å². The summed E-state index contributed by atoms with van der Waals surface area (Å²) < 4.78 is 28.8. The predicted molar refractivity (Wildman–Crippen MR) is 68.0 cm³/mol. The van der Waals surface area contributed by atoms with E-state index in [1.165, 1.54) is 30.3 Å². The second-order valence-corrected chi connectivity index (χ2v) is 4.53. The molecule has 0 fully saturated rings. The molecule has 2 rings (SSSR count). The lowest BCUT2D eigenvalue weighted by molar-refractivity contribution is 0.0421. The summed E-state index contributed by atoms with van der Waals surface area (Å²) in [5, 5.41) is 0. The van der Waals surface area contributed by atoms with Crippen LogP contribution in [0.25, 0.3) is 0 Å². The summed E-state index contributed by atoms with van der Waals surface area (Å²) in [6.45, 7) is 0. The van der Waals surface area contributed by atoms with Gasteiger partial charge in [0.2, 0.25) is 0 Å². The fourth-order valence-corrected chi connectivity index (χ4v) is 2.10. The molecule has 0 bridgehead atoms. The average molecular weight is 298 g/mol. The zero-order valence-corrected chi connectivity index (χ0v) is 10.4. The Kier molecular flexibility index (Phi) is 3.15. The maximum Gasteiger partial charge on any atom is 0.299 e. The molecule has 0 spiro atoms. The SMILES string of the molecule is Nc1ccc(C(F)(F)c2ccccc2Br)cc1. The molecule has 0 unspecified atom stereocenters. The van der Waals surface area contributed by atoms with Crippen LogP contribution in [0.1, 0.15) is 11.1 Å². The van der Waals surface area contributed by atoms with Gasteiger partial charge in [0.1, 0.15) is 0 Å². The normalized spacial score (nSPS) is 11.5. The summed E-state index contributed by atoms with van der Waals surface area (Å²) in [6, 6.07) is 11.9. The summed E-state index contributed by atoms with van der Waals surface area (Å²) in [7, 11) is 0. The highest BCUT2D eigenvalue weighted by molar-refractivity contribution is 9.10. The fraction of sp³-hybridized carbons (Fsp3) is 0.0769. The summed E-state index contributed by atoms with van der Waals surface area (Å²) in [4.78, 5) is 0. The molecule has 1 nitrogen and oxygen atoms in total. The van der Waals surface area contributed by atoms with Crippen molar-refractivity contribution >= 4 is 21.6 Å². The van der Waals surface area contributed by atoms with Gasteiger partial charge in [-0.05, 0) is 18.2 Å². The topological polar surface area (TPSA) is 26.0 Å². The van der Waals surface area contributed by atoms with E-state index in [1.54, 1.807) is 18.2 Å². The minimum absolute atomic E-state index is 0.0511. The van der Waals surface area contributed by atoms with E-state index in [0.717, 1.165) is 0 Å². The van der Waals surface area contributed by atoms with Crippen molar-refractivity contribution in [3.63, 3.8) is 0 Å². The van der Waals surface area contributed by atoms with Gasteiger partial charge in [0.25, 0.3) is 5.92 Å². The molecule has 2 N–H and O–H groups in total. The molecule has 88 valence electrons. The first-order valence-electron chi connectivity index (χ1n) is 5.00. The second kappa shape index (κ2) is 4.45. The predicted octanol–water partition coefficient (Wildman–Crippen LogP) is 4.17. The maximum absolute atomic E-state index is 14.2. The molecule has 0 saturated heterocycles. The van der Waals surface area contributed by atoms with E-state index in [9.17, 15) is 8.78 Å². The van der Waals surface area contributed by atoms with Gasteiger partial charge in [-0.3, -0.25) is 0 Å². The van der Waals surface area contributed by atoms with Crippen molar-refractivity contribution < 1.29 is 8.78 Å². The van der Waals surface area contributed by atoms with Crippen LogP contribution in [0.3, 0.4) is 0 Å². The molecule has 0 aliphatic heterocycles. The second-order valence-electron chi connectivity index (χ2n) is 3.68. The highest BCUT2D eigenvalue weighted by Crippen LogP contribution is 2.39. The van der Waals surface area contributed by atoms with Gasteiger partial charge in [0.05, 0.1) is 0 Å². The van der Waals surface area contributed by atoms with Gasteiger partial charge in [-0.2, -0.15) is 8.78 Å². The van der Waals surface area contributed by atoms with Gasteiger partial charge >= 0.3 is 0 Å². The van der Waals surface area contributed by atoms with E-state index in [1.807, 2.05) is 0 Å². The van der Waals surface area contributed by atoms with Crippen molar-refractivity contribution in [2.45, 2.75) is 5.92 Å². The lowest BCUT2D eigenvalue weighted by Crippen LogP contribution is -2.15. The third-order valence-electron chi connectivity index (χ3n) is 2.49. The quantitative estimate of drug-likeness (QED) is 0.827. The molecular formula is C13H10BrF2N. The van der Waals surface area contributed by atoms with Crippen LogP contribution < -0.4 is 5.73 Å². The number of anilines is 1. The Balaban J connectivity index is 2.49. The van der Waals surface area contributed by atoms with Crippen LogP contribution in [0.5, 0.6) is 0 Å². The zero-order valence-electron chi connectivity index (χ0n) is 8.83. The van der Waals surface area contributed by atoms with Gasteiger partial charge in [-0.1, -0.05) is 46.3 Å². The number of hydrogen-bond donors (Lipinski definition) is 1. The number of halogens is 3. The highest BCUT2D eigenvalue weighted by Gasteiger charge is 2.35. The molecule has 0 atom stereocenters. The Labute approximate surface area is 106 Å². The van der Waals surface area contributed by atoms with E-state index in [0.29, 0.717) is 10.2 Å². The van der Waals surface area contributed by atoms with Crippen LogP contribution in [-0.4, -0.2) is 0 Å². The summed E-state index contributed by atoms with van der Waals surface area (Å²) in [6.07, 6.45) is 0. The number of alkyl halides is 2. The third-order valence-corrected chi connectivity index (χ3v) is 3.18. The van der Waals surface area contributed by atoms with Crippen LogP contribution in [0, 0.1) is 0 Å². The molecule has 0 aliphatic carbocycles. The standard InChI is InChI=1S/C13H10BrF2N/c14-12-4-2-1-3-11(12)13(15,16)9-5-7-10(17)8-6-9/h1-8H,17H2. The summed E-state index contributed by atoms with van der Waals surface area (Å²) >= 11 is 3.14. The first-order valence-corrected chi connectivity index (χ1v) is 5.80. The summed E-state index contributed by atoms with van der Waals surface area (Å²) in [5.74, 6) is -3.03. The van der Waals surface area contributed by atoms with Crippen LogP contribution in [-0.2, 0) is 5.92 Å². The van der Waals surface area contributed by atoms with Crippen LogP contribution in [0.2, 0.25) is 0 Å². The number of rotatable bonds is 2. The number of nitrogen functional groups attached to an aromatic ring is 1. The van der Waals surface area contributed by atoms with Gasteiger partial charge in [-0.25, -0.2) is 0 Å². The molecule has 0 amide bonds. The van der Waals surface area contributed by atoms with E-state index in [-0.39, 0.29) is 11.1 Å². The van der Waals surface area contributed by atoms with Gasteiger partial charge in [-0.15, -0.1) is 0 Å². The molecule has 0 saturated carbocycles. The Morgan fingerprint density at radius 2 is 1.53 bits per heavy atom. The molecule has 4 heteroatoms. The number of hydrogen-bond acceptors (Lipinski definition) is 1. The molecule has 0 aromatic heterocycles. The van der Waals surface area contributed by atoms with Crippen molar-refractivity contribution in [1.29, 1.82) is 0 Å². The van der Waals surface area contributed by atoms with Crippen LogP contribution >= 0.6 is 15.9 Å². The largest absolute Gasteiger partial charge is 0.399 e. The third kappa shape index (κ3) is 2.31. The van der Waals surface area contributed by atoms with E-state index in [2.05, 4.69) is 15.9 Å². The molecule has 0 aliphatic rings. The van der Waals surface area contributed by atoms with Crippen LogP contribution in [0.15, 0.2) is 53.0 Å². The summed E-state index contributed by atoms with van der Waals surface area (Å²) in [5.41, 5.74) is 5.83. The van der Waals surface area contributed by atoms with E-state index >= 15 is 0 Å². The van der Waals surface area contributed by atoms with Crippen molar-refractivity contribution in [3.8, 4) is 0 Å². The average Bonchev–Trinajstić information content (AvgIpc) is 2.30. The molecule has 0 radical (unpaired) electrons. The Bertz CT molecular complexity index is 523. The minimum atomic E-state index is -3.03. The van der Waals surface area contributed by atoms with Gasteiger partial charge in [0, 0.05) is 21.3 Å². The lowest BCUT2D eigenvalue weighted by Gasteiger charge is -2.18. The highest BCUT2D eigenvalue weighted by atomic mass is 79.9. The Hall–Kier alpha value is -1.42. The first-order chi connectivity index (χ1) is 8.01. The molecule has 17 heavy (non-hydrogen) atoms. The van der Waals surface area contributed by atoms with Gasteiger partial charge in [0.15, 0.2) is 0 Å². The van der Waals surface area contributed by atoms with Crippen molar-refractivity contribution in [1.82, 2.24) is 0 Å². The maximum atomic E-state index is 14.2. The number of benzene rings is 2. The van der Waals surface area contributed by atoms with E-state index < -0.39 is 5.92 Å². The first kappa shape index (κ1) is 12.0. The monoisotopic (exact) mass is 297 g/mol. The van der Waals surface area contributed by atoms with Crippen molar-refractivity contribution in [2.75, 3.05) is 5.73 Å². The van der Waals surface area contributed by atoms with Crippen molar-refractivity contribution in [2.24, 2.45) is 0 Å².